The second kappa shape index (κ2) is 7.05. The van der Waals surface area contributed by atoms with Gasteiger partial charge in [0.25, 0.3) is 5.69 Å². The number of nitro groups is 1. The van der Waals surface area contributed by atoms with Gasteiger partial charge in [-0.1, -0.05) is 12.1 Å². The maximum atomic E-state index is 11.6. The number of nitrogens with one attached hydrogen (secondary N) is 1. The summed E-state index contributed by atoms with van der Waals surface area (Å²) >= 11 is 0. The first-order chi connectivity index (χ1) is 10.5. The largest absolute Gasteiger partial charge is 0.548 e. The van der Waals surface area contributed by atoms with Gasteiger partial charge in [0.05, 0.1) is 10.9 Å². The van der Waals surface area contributed by atoms with E-state index in [0.717, 1.165) is 6.07 Å². The summed E-state index contributed by atoms with van der Waals surface area (Å²) in [6, 6.07) is 2.95. The number of aliphatic hydroxyl groups excluding tert-OH is 1. The van der Waals surface area contributed by atoms with Gasteiger partial charge >= 0.3 is 6.09 Å². The van der Waals surface area contributed by atoms with E-state index in [0.29, 0.717) is 0 Å². The van der Waals surface area contributed by atoms with E-state index in [-0.39, 0.29) is 11.3 Å². The van der Waals surface area contributed by atoms with Crippen LogP contribution in [0.1, 0.15) is 32.4 Å². The molecule has 0 radical (unpaired) electrons. The maximum Gasteiger partial charge on any atom is 0.408 e. The van der Waals surface area contributed by atoms with E-state index >= 15 is 0 Å². The van der Waals surface area contributed by atoms with Crippen LogP contribution >= 0.6 is 0 Å². The highest BCUT2D eigenvalue weighted by Crippen LogP contribution is 2.22. The van der Waals surface area contributed by atoms with Crippen molar-refractivity contribution in [3.8, 4) is 0 Å². The number of hydrogen-bond acceptors (Lipinski definition) is 7. The normalized spacial score (nSPS) is 13.7. The number of carboxylic acids is 1. The van der Waals surface area contributed by atoms with Crippen LogP contribution in [0.5, 0.6) is 0 Å². The second-order valence-corrected chi connectivity index (χ2v) is 5.74. The van der Waals surface area contributed by atoms with Crippen LogP contribution < -0.4 is 10.4 Å². The van der Waals surface area contributed by atoms with Gasteiger partial charge in [0.15, 0.2) is 0 Å². The lowest BCUT2D eigenvalue weighted by Gasteiger charge is -2.27. The number of non-ortho nitro benzene ring substituents is 1. The van der Waals surface area contributed by atoms with Crippen molar-refractivity contribution in [1.82, 2.24) is 5.32 Å². The highest BCUT2D eigenvalue weighted by atomic mass is 16.6. The first kappa shape index (κ1) is 18.4. The third kappa shape index (κ3) is 5.55. The zero-order chi connectivity index (χ0) is 17.8. The minimum atomic E-state index is -1.83. The van der Waals surface area contributed by atoms with Crippen LogP contribution in [0.25, 0.3) is 0 Å². The highest BCUT2D eigenvalue weighted by molar-refractivity contribution is 5.79. The van der Waals surface area contributed by atoms with Crippen molar-refractivity contribution in [2.75, 3.05) is 0 Å². The van der Waals surface area contributed by atoms with Gasteiger partial charge in [-0.05, 0) is 26.3 Å². The van der Waals surface area contributed by atoms with Gasteiger partial charge in [0.1, 0.15) is 17.7 Å². The van der Waals surface area contributed by atoms with Crippen molar-refractivity contribution >= 4 is 17.7 Å². The molecule has 2 atom stereocenters. The van der Waals surface area contributed by atoms with Gasteiger partial charge in [-0.15, -0.1) is 0 Å². The number of nitrogens with zero attached hydrogens (tertiary/aromatic N) is 1. The summed E-state index contributed by atoms with van der Waals surface area (Å²) in [6.07, 6.45) is -2.80. The van der Waals surface area contributed by atoms with Gasteiger partial charge < -0.3 is 25.1 Å². The van der Waals surface area contributed by atoms with Crippen molar-refractivity contribution in [2.24, 2.45) is 0 Å². The van der Waals surface area contributed by atoms with Crippen molar-refractivity contribution in [3.63, 3.8) is 0 Å². The molecule has 9 heteroatoms. The standard InChI is InChI=1S/C14H18N2O7/c1-14(2,3)23-13(20)15-10(12(18)19)11(17)8-5-4-6-9(7-8)16(21)22/h4-7,10-11,17H,1-3H3,(H,15,20)(H,18,19)/p-1/t10-,11+/m1/s1. The highest BCUT2D eigenvalue weighted by Gasteiger charge is 2.27. The number of alkyl carbamates (subject to hydrolysis) is 1. The SMILES string of the molecule is CC(C)(C)OC(=O)N[C@@H](C(=O)[O-])[C@@H](O)c1cccc([N+](=O)[O-])c1. The van der Waals surface area contributed by atoms with E-state index in [2.05, 4.69) is 0 Å². The summed E-state index contributed by atoms with van der Waals surface area (Å²) in [6.45, 7) is 4.74. The zero-order valence-electron chi connectivity index (χ0n) is 12.8. The lowest BCUT2D eigenvalue weighted by Crippen LogP contribution is -2.52. The summed E-state index contributed by atoms with van der Waals surface area (Å²) in [5.74, 6) is -1.75. The summed E-state index contributed by atoms with van der Waals surface area (Å²) in [5.41, 5.74) is -1.24. The lowest BCUT2D eigenvalue weighted by molar-refractivity contribution is -0.385. The Hall–Kier alpha value is -2.68. The van der Waals surface area contributed by atoms with Crippen molar-refractivity contribution in [3.05, 3.63) is 39.9 Å². The average Bonchev–Trinajstić information content (AvgIpc) is 2.42. The zero-order valence-corrected chi connectivity index (χ0v) is 12.8. The van der Waals surface area contributed by atoms with Crippen LogP contribution in [0.15, 0.2) is 24.3 Å². The molecule has 0 aliphatic heterocycles. The molecule has 126 valence electrons. The average molecular weight is 325 g/mol. The van der Waals surface area contributed by atoms with Gasteiger partial charge in [-0.25, -0.2) is 4.79 Å². The van der Waals surface area contributed by atoms with Gasteiger partial charge in [0.2, 0.25) is 0 Å². The van der Waals surface area contributed by atoms with Crippen molar-refractivity contribution < 1.29 is 29.5 Å². The Labute approximate surface area is 132 Å². The predicted molar refractivity (Wildman–Crippen MR) is 76.2 cm³/mol. The molecule has 9 nitrogen and oxygen atoms in total. The Balaban J connectivity index is 2.97. The fraction of sp³-hybridized carbons (Fsp3) is 0.429. The first-order valence-corrected chi connectivity index (χ1v) is 6.64. The number of carboxylic acid groups (broad SMARTS) is 1. The van der Waals surface area contributed by atoms with Crippen LogP contribution in [-0.2, 0) is 9.53 Å². The van der Waals surface area contributed by atoms with Crippen LogP contribution in [0.2, 0.25) is 0 Å². The second-order valence-electron chi connectivity index (χ2n) is 5.74. The van der Waals surface area contributed by atoms with Crippen molar-refractivity contribution in [1.29, 1.82) is 0 Å². The number of aliphatic carboxylic acids is 1. The Kier molecular flexibility index (Phi) is 5.63. The summed E-state index contributed by atoms with van der Waals surface area (Å²) in [4.78, 5) is 32.8. The minimum absolute atomic E-state index is 0.0514. The molecule has 1 aromatic carbocycles. The summed E-state index contributed by atoms with van der Waals surface area (Å²) in [5, 5.41) is 33.9. The fourth-order valence-electron chi connectivity index (χ4n) is 1.72. The molecule has 0 unspecified atom stereocenters. The van der Waals surface area contributed by atoms with Gasteiger partial charge in [-0.3, -0.25) is 10.1 Å². The number of amides is 1. The molecule has 0 bridgehead atoms. The molecule has 1 aromatic rings. The smallest absolute Gasteiger partial charge is 0.408 e. The molecule has 0 aromatic heterocycles. The van der Waals surface area contributed by atoms with Crippen LogP contribution in [-0.4, -0.2) is 33.7 Å². The molecule has 1 rings (SSSR count). The molecule has 0 heterocycles. The number of carbonyl (C=O) groups is 2. The summed E-state index contributed by atoms with van der Waals surface area (Å²) < 4.78 is 4.91. The quantitative estimate of drug-likeness (QED) is 0.584. The molecule has 2 N–H and O–H groups in total. The first-order valence-electron chi connectivity index (χ1n) is 6.64. The van der Waals surface area contributed by atoms with E-state index in [9.17, 15) is 29.9 Å². The van der Waals surface area contributed by atoms with E-state index in [1.807, 2.05) is 5.32 Å². The van der Waals surface area contributed by atoms with Gasteiger partial charge in [0, 0.05) is 12.1 Å². The number of hydrogen-bond donors (Lipinski definition) is 2. The molecular weight excluding hydrogens is 308 g/mol. The maximum absolute atomic E-state index is 11.6. The molecule has 0 aliphatic carbocycles. The van der Waals surface area contributed by atoms with Crippen LogP contribution in [0, 0.1) is 10.1 Å². The van der Waals surface area contributed by atoms with Crippen LogP contribution in [0.4, 0.5) is 10.5 Å². The number of nitro benzene ring substituents is 1. The molecule has 0 spiro atoms. The number of aliphatic hydroxyl groups is 1. The molecule has 1 amide bonds. The topological polar surface area (TPSA) is 142 Å². The Bertz CT molecular complexity index is 609. The van der Waals surface area contributed by atoms with E-state index in [1.165, 1.54) is 18.2 Å². The predicted octanol–water partition coefficient (Wildman–Crippen LogP) is 0.271. The van der Waals surface area contributed by atoms with E-state index in [4.69, 9.17) is 4.74 Å². The molecule has 0 saturated heterocycles. The number of rotatable bonds is 5. The van der Waals surface area contributed by atoms with E-state index < -0.39 is 34.7 Å². The third-order valence-electron chi connectivity index (χ3n) is 2.66. The molecule has 0 saturated carbocycles. The number of ether oxygens (including phenoxy) is 1. The fourth-order valence-corrected chi connectivity index (χ4v) is 1.72. The molecule has 0 aliphatic rings. The third-order valence-corrected chi connectivity index (χ3v) is 2.66. The minimum Gasteiger partial charge on any atom is -0.548 e. The Morgan fingerprint density at radius 3 is 2.43 bits per heavy atom. The summed E-state index contributed by atoms with van der Waals surface area (Å²) in [7, 11) is 0. The van der Waals surface area contributed by atoms with E-state index in [1.54, 1.807) is 20.8 Å². The lowest BCUT2D eigenvalue weighted by atomic mass is 10.0. The number of carbonyl (C=O) groups excluding carboxylic acids is 2. The molecular formula is C14H17N2O7-. The molecule has 23 heavy (non-hydrogen) atoms. The van der Waals surface area contributed by atoms with Gasteiger partial charge in [-0.2, -0.15) is 0 Å². The molecule has 0 fully saturated rings. The Morgan fingerprint density at radius 2 is 1.96 bits per heavy atom. The number of benzene rings is 1. The Morgan fingerprint density at radius 1 is 1.35 bits per heavy atom. The monoisotopic (exact) mass is 325 g/mol. The van der Waals surface area contributed by atoms with Crippen LogP contribution in [0.3, 0.4) is 0 Å². The van der Waals surface area contributed by atoms with Crippen molar-refractivity contribution in [2.45, 2.75) is 38.5 Å².